The van der Waals surface area contributed by atoms with Gasteiger partial charge in [-0.05, 0) is 49.6 Å². The highest BCUT2D eigenvalue weighted by atomic mass is 35.5. The average molecular weight is 415 g/mol. The summed E-state index contributed by atoms with van der Waals surface area (Å²) in [6, 6.07) is 12.9. The van der Waals surface area contributed by atoms with Gasteiger partial charge in [-0.25, -0.2) is 4.79 Å². The first-order valence-corrected chi connectivity index (χ1v) is 10.6. The van der Waals surface area contributed by atoms with Crippen LogP contribution in [0, 0.1) is 0 Å². The first-order chi connectivity index (χ1) is 14.1. The summed E-state index contributed by atoms with van der Waals surface area (Å²) in [5.41, 5.74) is 2.80. The molecule has 2 amide bonds. The van der Waals surface area contributed by atoms with Crippen molar-refractivity contribution in [1.29, 1.82) is 0 Å². The molecule has 4 rings (SSSR count). The van der Waals surface area contributed by atoms with Gasteiger partial charge in [-0.1, -0.05) is 17.7 Å². The van der Waals surface area contributed by atoms with E-state index in [0.717, 1.165) is 43.2 Å². The maximum absolute atomic E-state index is 12.9. The predicted molar refractivity (Wildman–Crippen MR) is 118 cm³/mol. The van der Waals surface area contributed by atoms with Gasteiger partial charge in [0.05, 0.1) is 11.4 Å². The van der Waals surface area contributed by atoms with Gasteiger partial charge in [0.2, 0.25) is 0 Å². The third-order valence-corrected chi connectivity index (χ3v) is 5.89. The third kappa shape index (κ3) is 4.70. The Hall–Kier alpha value is -2.60. The predicted octanol–water partition coefficient (Wildman–Crippen LogP) is 4.39. The summed E-state index contributed by atoms with van der Waals surface area (Å²) in [4.78, 5) is 19.3. The molecule has 2 saturated heterocycles. The number of urea groups is 1. The normalized spacial score (nSPS) is 17.3. The molecule has 29 heavy (non-hydrogen) atoms. The molecule has 7 heteroatoms. The van der Waals surface area contributed by atoms with Crippen LogP contribution in [-0.4, -0.2) is 55.3 Å². The number of carbonyl (C=O) groups excluding carboxylic acids is 1. The molecule has 2 aliphatic rings. The number of phenolic OH excluding ortho intramolecular Hbond substituents is 1. The van der Waals surface area contributed by atoms with Crippen LogP contribution in [-0.2, 0) is 0 Å². The number of piperidine rings is 1. The Labute approximate surface area is 176 Å². The SMILES string of the molecule is O=C(Nc1cc(Cl)ccc1N1CCCCC1)N1CCN(c2cccc(O)c2)CC1. The van der Waals surface area contributed by atoms with Crippen LogP contribution in [0.3, 0.4) is 0 Å². The second-order valence-corrected chi connectivity index (χ2v) is 8.07. The lowest BCUT2D eigenvalue weighted by molar-refractivity contribution is 0.208. The third-order valence-electron chi connectivity index (χ3n) is 5.66. The van der Waals surface area contributed by atoms with Gasteiger partial charge < -0.3 is 25.1 Å². The Morgan fingerprint density at radius 1 is 0.897 bits per heavy atom. The second kappa shape index (κ2) is 8.82. The lowest BCUT2D eigenvalue weighted by atomic mass is 10.1. The summed E-state index contributed by atoms with van der Waals surface area (Å²) in [5.74, 6) is 0.258. The van der Waals surface area contributed by atoms with E-state index < -0.39 is 0 Å². The molecule has 2 aliphatic heterocycles. The number of amides is 2. The molecule has 2 aromatic rings. The smallest absolute Gasteiger partial charge is 0.322 e. The number of nitrogens with zero attached hydrogens (tertiary/aromatic N) is 3. The molecule has 154 valence electrons. The van der Waals surface area contributed by atoms with E-state index in [4.69, 9.17) is 11.6 Å². The molecule has 0 spiro atoms. The quantitative estimate of drug-likeness (QED) is 0.782. The Bertz CT molecular complexity index is 862. The van der Waals surface area contributed by atoms with Crippen LogP contribution in [0.2, 0.25) is 5.02 Å². The van der Waals surface area contributed by atoms with Crippen molar-refractivity contribution in [2.45, 2.75) is 19.3 Å². The Morgan fingerprint density at radius 3 is 2.38 bits per heavy atom. The molecule has 0 bridgehead atoms. The van der Waals surface area contributed by atoms with Crippen LogP contribution in [0.4, 0.5) is 21.9 Å². The summed E-state index contributed by atoms with van der Waals surface area (Å²) in [6.07, 6.45) is 3.61. The van der Waals surface area contributed by atoms with Crippen LogP contribution >= 0.6 is 11.6 Å². The molecule has 0 unspecified atom stereocenters. The summed E-state index contributed by atoms with van der Waals surface area (Å²) >= 11 is 6.21. The van der Waals surface area contributed by atoms with Crippen molar-refractivity contribution >= 4 is 34.7 Å². The van der Waals surface area contributed by atoms with Crippen LogP contribution in [0.25, 0.3) is 0 Å². The van der Waals surface area contributed by atoms with Crippen molar-refractivity contribution in [2.24, 2.45) is 0 Å². The van der Waals surface area contributed by atoms with Gasteiger partial charge in [-0.2, -0.15) is 0 Å². The molecular weight excluding hydrogens is 388 g/mol. The van der Waals surface area contributed by atoms with Gasteiger partial charge in [-0.15, -0.1) is 0 Å². The maximum Gasteiger partial charge on any atom is 0.322 e. The van der Waals surface area contributed by atoms with Crippen LogP contribution in [0.5, 0.6) is 5.75 Å². The van der Waals surface area contributed by atoms with Crippen molar-refractivity contribution in [3.8, 4) is 5.75 Å². The number of nitrogens with one attached hydrogen (secondary N) is 1. The van der Waals surface area contributed by atoms with Crippen molar-refractivity contribution < 1.29 is 9.90 Å². The number of aromatic hydroxyl groups is 1. The average Bonchev–Trinajstić information content (AvgIpc) is 2.74. The standard InChI is InChI=1S/C22H27ClN4O2/c23-17-7-8-21(26-9-2-1-3-10-26)20(15-17)24-22(29)27-13-11-25(12-14-27)18-5-4-6-19(28)16-18/h4-8,15-16,28H,1-3,9-14H2,(H,24,29). The van der Waals surface area contributed by atoms with E-state index in [2.05, 4.69) is 15.1 Å². The van der Waals surface area contributed by atoms with Crippen molar-refractivity contribution in [1.82, 2.24) is 4.90 Å². The lowest BCUT2D eigenvalue weighted by Gasteiger charge is -2.36. The summed E-state index contributed by atoms with van der Waals surface area (Å²) in [6.45, 7) is 4.72. The number of hydrogen-bond acceptors (Lipinski definition) is 4. The largest absolute Gasteiger partial charge is 0.508 e. The monoisotopic (exact) mass is 414 g/mol. The van der Waals surface area contributed by atoms with Gasteiger partial charge in [0.1, 0.15) is 5.75 Å². The van der Waals surface area contributed by atoms with Crippen LogP contribution in [0.1, 0.15) is 19.3 Å². The summed E-state index contributed by atoms with van der Waals surface area (Å²) in [7, 11) is 0. The molecule has 0 saturated carbocycles. The van der Waals surface area contributed by atoms with E-state index >= 15 is 0 Å². The molecule has 2 fully saturated rings. The fourth-order valence-electron chi connectivity index (χ4n) is 4.07. The van der Waals surface area contributed by atoms with E-state index in [1.807, 2.05) is 35.2 Å². The number of hydrogen-bond donors (Lipinski definition) is 2. The highest BCUT2D eigenvalue weighted by Crippen LogP contribution is 2.31. The summed E-state index contributed by atoms with van der Waals surface area (Å²) < 4.78 is 0. The molecule has 0 aliphatic carbocycles. The van der Waals surface area contributed by atoms with Crippen LogP contribution < -0.4 is 15.1 Å². The van der Waals surface area contributed by atoms with Crippen molar-refractivity contribution in [3.63, 3.8) is 0 Å². The van der Waals surface area contributed by atoms with E-state index in [-0.39, 0.29) is 11.8 Å². The molecule has 0 aromatic heterocycles. The highest BCUT2D eigenvalue weighted by Gasteiger charge is 2.23. The minimum Gasteiger partial charge on any atom is -0.508 e. The van der Waals surface area contributed by atoms with E-state index in [1.54, 1.807) is 12.1 Å². The summed E-state index contributed by atoms with van der Waals surface area (Å²) in [5, 5.41) is 13.4. The van der Waals surface area contributed by atoms with Crippen molar-refractivity contribution in [2.75, 3.05) is 54.4 Å². The first-order valence-electron chi connectivity index (χ1n) is 10.2. The number of rotatable bonds is 3. The molecule has 6 nitrogen and oxygen atoms in total. The van der Waals surface area contributed by atoms with E-state index in [0.29, 0.717) is 18.1 Å². The molecule has 2 N–H and O–H groups in total. The highest BCUT2D eigenvalue weighted by molar-refractivity contribution is 6.31. The number of anilines is 3. The Balaban J connectivity index is 1.40. The van der Waals surface area contributed by atoms with Gasteiger partial charge in [0, 0.05) is 56.0 Å². The van der Waals surface area contributed by atoms with Gasteiger partial charge in [0.25, 0.3) is 0 Å². The van der Waals surface area contributed by atoms with E-state index in [1.165, 1.54) is 19.3 Å². The molecule has 0 radical (unpaired) electrons. The minimum atomic E-state index is -0.0962. The number of phenols is 1. The Kier molecular flexibility index (Phi) is 6.00. The molecular formula is C22H27ClN4O2. The van der Waals surface area contributed by atoms with Crippen molar-refractivity contribution in [3.05, 3.63) is 47.5 Å². The number of halogens is 1. The van der Waals surface area contributed by atoms with Crippen LogP contribution in [0.15, 0.2) is 42.5 Å². The zero-order valence-corrected chi connectivity index (χ0v) is 17.2. The zero-order valence-electron chi connectivity index (χ0n) is 16.5. The fourth-order valence-corrected chi connectivity index (χ4v) is 4.24. The fraction of sp³-hybridized carbons (Fsp3) is 0.409. The van der Waals surface area contributed by atoms with Gasteiger partial charge in [-0.3, -0.25) is 0 Å². The maximum atomic E-state index is 12.9. The molecule has 2 aromatic carbocycles. The molecule has 0 atom stereocenters. The zero-order chi connectivity index (χ0) is 20.2. The number of carbonyl (C=O) groups is 1. The van der Waals surface area contributed by atoms with Gasteiger partial charge in [0.15, 0.2) is 0 Å². The van der Waals surface area contributed by atoms with Gasteiger partial charge >= 0.3 is 6.03 Å². The lowest BCUT2D eigenvalue weighted by Crippen LogP contribution is -2.50. The number of piperazine rings is 1. The molecule has 2 heterocycles. The minimum absolute atomic E-state index is 0.0962. The topological polar surface area (TPSA) is 59.1 Å². The second-order valence-electron chi connectivity index (χ2n) is 7.63. The van der Waals surface area contributed by atoms with E-state index in [9.17, 15) is 9.90 Å². The Morgan fingerprint density at radius 2 is 1.66 bits per heavy atom. The number of benzene rings is 2. The first kappa shape index (κ1) is 19.7.